The molecule has 1 N–H and O–H groups in total. The summed E-state index contributed by atoms with van der Waals surface area (Å²) in [4.78, 5) is 0. The average molecular weight is 218 g/mol. The summed E-state index contributed by atoms with van der Waals surface area (Å²) >= 11 is 0. The Morgan fingerprint density at radius 1 is 1.40 bits per heavy atom. The van der Waals surface area contributed by atoms with Crippen molar-refractivity contribution in [2.75, 3.05) is 26.4 Å². The van der Waals surface area contributed by atoms with E-state index in [1.165, 1.54) is 0 Å². The van der Waals surface area contributed by atoms with Gasteiger partial charge >= 0.3 is 0 Å². The second-order valence-electron chi connectivity index (χ2n) is 3.78. The largest absolute Gasteiger partial charge is 0.394 e. The Labute approximate surface area is 91.5 Å². The molecule has 1 rings (SSSR count). The van der Waals surface area contributed by atoms with Crippen molar-refractivity contribution in [3.63, 3.8) is 0 Å². The van der Waals surface area contributed by atoms with Crippen LogP contribution in [0.15, 0.2) is 0 Å². The first-order chi connectivity index (χ1) is 7.36. The summed E-state index contributed by atoms with van der Waals surface area (Å²) in [6.45, 7) is 4.37. The van der Waals surface area contributed by atoms with Gasteiger partial charge in [-0.05, 0) is 12.8 Å². The first-order valence-corrected chi connectivity index (χ1v) is 5.82. The Morgan fingerprint density at radius 3 is 3.00 bits per heavy atom. The molecule has 1 aliphatic rings. The molecule has 1 heterocycles. The second kappa shape index (κ2) is 8.05. The van der Waals surface area contributed by atoms with E-state index in [1.807, 2.05) is 0 Å². The fraction of sp³-hybridized carbons (Fsp3) is 1.00. The number of aliphatic hydroxyl groups is 1. The summed E-state index contributed by atoms with van der Waals surface area (Å²) in [5, 5.41) is 8.94. The molecular formula is C11H22O4. The lowest BCUT2D eigenvalue weighted by molar-refractivity contribution is -0.225. The maximum Gasteiger partial charge on any atom is 0.160 e. The summed E-state index contributed by atoms with van der Waals surface area (Å²) < 4.78 is 16.3. The van der Waals surface area contributed by atoms with Crippen molar-refractivity contribution >= 4 is 0 Å². The number of hydrogen-bond donors (Lipinski definition) is 1. The van der Waals surface area contributed by atoms with Crippen LogP contribution in [0.2, 0.25) is 0 Å². The monoisotopic (exact) mass is 218 g/mol. The molecule has 2 atom stereocenters. The van der Waals surface area contributed by atoms with Crippen molar-refractivity contribution < 1.29 is 19.3 Å². The Kier molecular flexibility index (Phi) is 6.92. The van der Waals surface area contributed by atoms with Crippen LogP contribution in [0.25, 0.3) is 0 Å². The minimum atomic E-state index is -0.197. The van der Waals surface area contributed by atoms with Gasteiger partial charge in [0.1, 0.15) is 0 Å². The van der Waals surface area contributed by atoms with Gasteiger partial charge < -0.3 is 19.3 Å². The molecule has 1 saturated heterocycles. The first-order valence-electron chi connectivity index (χ1n) is 5.82. The maximum atomic E-state index is 8.94. The van der Waals surface area contributed by atoms with E-state index < -0.39 is 0 Å². The highest BCUT2D eigenvalue weighted by molar-refractivity contribution is 4.62. The fourth-order valence-electron chi connectivity index (χ4n) is 1.47. The SMILES string of the molecule is CCCCOCC[C@H]1OCC[C@@H](CO)O1. The summed E-state index contributed by atoms with van der Waals surface area (Å²) in [6.07, 6.45) is 3.54. The standard InChI is InChI=1S/C11H22O4/c1-2-3-6-13-7-5-11-14-8-4-10(9-12)15-11/h10-12H,2-9H2,1H3/t10-,11-/m0/s1. The van der Waals surface area contributed by atoms with Crippen molar-refractivity contribution in [2.24, 2.45) is 0 Å². The number of rotatable bonds is 7. The van der Waals surface area contributed by atoms with E-state index in [0.717, 1.165) is 32.3 Å². The molecule has 0 aliphatic carbocycles. The fourth-order valence-corrected chi connectivity index (χ4v) is 1.47. The van der Waals surface area contributed by atoms with Crippen LogP contribution in [0, 0.1) is 0 Å². The highest BCUT2D eigenvalue weighted by atomic mass is 16.7. The van der Waals surface area contributed by atoms with Crippen LogP contribution in [-0.2, 0) is 14.2 Å². The van der Waals surface area contributed by atoms with Gasteiger partial charge in [0.2, 0.25) is 0 Å². The lowest BCUT2D eigenvalue weighted by Crippen LogP contribution is -2.35. The lowest BCUT2D eigenvalue weighted by Gasteiger charge is -2.29. The highest BCUT2D eigenvalue weighted by Crippen LogP contribution is 2.14. The molecule has 0 aromatic carbocycles. The predicted octanol–water partition coefficient (Wildman–Crippen LogP) is 1.32. The molecule has 0 aromatic heterocycles. The molecule has 0 aromatic rings. The van der Waals surface area contributed by atoms with E-state index in [2.05, 4.69) is 6.92 Å². The number of hydrogen-bond acceptors (Lipinski definition) is 4. The van der Waals surface area contributed by atoms with Gasteiger partial charge in [0.25, 0.3) is 0 Å². The third-order valence-corrected chi connectivity index (χ3v) is 2.43. The van der Waals surface area contributed by atoms with Crippen LogP contribution in [0.3, 0.4) is 0 Å². The molecule has 0 spiro atoms. The van der Waals surface area contributed by atoms with Gasteiger partial charge in [0.15, 0.2) is 6.29 Å². The van der Waals surface area contributed by atoms with Gasteiger partial charge in [0.05, 0.1) is 25.9 Å². The zero-order chi connectivity index (χ0) is 10.9. The van der Waals surface area contributed by atoms with Gasteiger partial charge in [0, 0.05) is 13.0 Å². The topological polar surface area (TPSA) is 47.9 Å². The summed E-state index contributed by atoms with van der Waals surface area (Å²) in [5.41, 5.74) is 0. The summed E-state index contributed by atoms with van der Waals surface area (Å²) in [7, 11) is 0. The normalized spacial score (nSPS) is 26.8. The van der Waals surface area contributed by atoms with E-state index in [0.29, 0.717) is 13.2 Å². The minimum absolute atomic E-state index is 0.0561. The van der Waals surface area contributed by atoms with E-state index in [-0.39, 0.29) is 19.0 Å². The molecule has 15 heavy (non-hydrogen) atoms. The third-order valence-electron chi connectivity index (χ3n) is 2.43. The molecule has 0 saturated carbocycles. The average Bonchev–Trinajstić information content (AvgIpc) is 2.29. The Balaban J connectivity index is 2.00. The summed E-state index contributed by atoms with van der Waals surface area (Å²) in [5.74, 6) is 0. The molecular weight excluding hydrogens is 196 g/mol. The zero-order valence-electron chi connectivity index (χ0n) is 9.48. The highest BCUT2D eigenvalue weighted by Gasteiger charge is 2.21. The lowest BCUT2D eigenvalue weighted by atomic mass is 10.2. The Morgan fingerprint density at radius 2 is 2.27 bits per heavy atom. The third kappa shape index (κ3) is 5.47. The van der Waals surface area contributed by atoms with E-state index in [4.69, 9.17) is 19.3 Å². The van der Waals surface area contributed by atoms with Gasteiger partial charge in [-0.1, -0.05) is 13.3 Å². The van der Waals surface area contributed by atoms with Crippen LogP contribution in [0.5, 0.6) is 0 Å². The van der Waals surface area contributed by atoms with Crippen molar-refractivity contribution in [3.8, 4) is 0 Å². The van der Waals surface area contributed by atoms with E-state index in [1.54, 1.807) is 0 Å². The zero-order valence-corrected chi connectivity index (χ0v) is 9.48. The van der Waals surface area contributed by atoms with Gasteiger partial charge in [-0.25, -0.2) is 0 Å². The van der Waals surface area contributed by atoms with Gasteiger partial charge in [-0.15, -0.1) is 0 Å². The molecule has 90 valence electrons. The molecule has 0 unspecified atom stereocenters. The van der Waals surface area contributed by atoms with E-state index in [9.17, 15) is 0 Å². The van der Waals surface area contributed by atoms with Crippen LogP contribution in [0.1, 0.15) is 32.6 Å². The smallest absolute Gasteiger partial charge is 0.160 e. The predicted molar refractivity (Wildman–Crippen MR) is 56.7 cm³/mol. The number of ether oxygens (including phenoxy) is 3. The molecule has 1 aliphatic heterocycles. The van der Waals surface area contributed by atoms with E-state index >= 15 is 0 Å². The first kappa shape index (κ1) is 12.9. The van der Waals surface area contributed by atoms with Gasteiger partial charge in [-0.2, -0.15) is 0 Å². The maximum absolute atomic E-state index is 8.94. The number of unbranched alkanes of at least 4 members (excludes halogenated alkanes) is 1. The molecule has 0 radical (unpaired) electrons. The van der Waals surface area contributed by atoms with Crippen molar-refractivity contribution in [1.82, 2.24) is 0 Å². The molecule has 0 bridgehead atoms. The Bertz CT molecular complexity index is 152. The minimum Gasteiger partial charge on any atom is -0.394 e. The van der Waals surface area contributed by atoms with Gasteiger partial charge in [-0.3, -0.25) is 0 Å². The van der Waals surface area contributed by atoms with Crippen LogP contribution in [0.4, 0.5) is 0 Å². The Hall–Kier alpha value is -0.160. The number of aliphatic hydroxyl groups excluding tert-OH is 1. The van der Waals surface area contributed by atoms with Crippen LogP contribution < -0.4 is 0 Å². The van der Waals surface area contributed by atoms with Crippen molar-refractivity contribution in [2.45, 2.75) is 45.0 Å². The molecule has 4 nitrogen and oxygen atoms in total. The summed E-state index contributed by atoms with van der Waals surface area (Å²) in [6, 6.07) is 0. The molecule has 0 amide bonds. The molecule has 4 heteroatoms. The quantitative estimate of drug-likeness (QED) is 0.655. The van der Waals surface area contributed by atoms with Crippen LogP contribution in [-0.4, -0.2) is 43.9 Å². The second-order valence-corrected chi connectivity index (χ2v) is 3.78. The van der Waals surface area contributed by atoms with Crippen molar-refractivity contribution in [1.29, 1.82) is 0 Å². The van der Waals surface area contributed by atoms with Crippen LogP contribution >= 0.6 is 0 Å². The molecule has 1 fully saturated rings. The van der Waals surface area contributed by atoms with Crippen molar-refractivity contribution in [3.05, 3.63) is 0 Å².